The molecule has 21 heavy (non-hydrogen) atoms. The van der Waals surface area contributed by atoms with Crippen molar-refractivity contribution >= 4 is 17.8 Å². The summed E-state index contributed by atoms with van der Waals surface area (Å²) in [6.45, 7) is 4.44. The Morgan fingerprint density at radius 1 is 1.24 bits per heavy atom. The van der Waals surface area contributed by atoms with Crippen molar-refractivity contribution in [2.24, 2.45) is 0 Å². The summed E-state index contributed by atoms with van der Waals surface area (Å²) < 4.78 is 0. The van der Waals surface area contributed by atoms with Gasteiger partial charge in [0.15, 0.2) is 0 Å². The van der Waals surface area contributed by atoms with E-state index < -0.39 is 17.9 Å². The number of carboxylic acid groups (broad SMARTS) is 1. The molecule has 1 atom stereocenters. The van der Waals surface area contributed by atoms with Crippen LogP contribution < -0.4 is 5.32 Å². The molecule has 2 N–H and O–H groups in total. The summed E-state index contributed by atoms with van der Waals surface area (Å²) in [5.74, 6) is -1.59. The highest BCUT2D eigenvalue weighted by molar-refractivity contribution is 5.97. The highest BCUT2D eigenvalue weighted by atomic mass is 16.4. The molecule has 1 saturated heterocycles. The number of hydrogen-bond donors (Lipinski definition) is 2. The van der Waals surface area contributed by atoms with Crippen molar-refractivity contribution in [2.45, 2.75) is 19.9 Å². The minimum absolute atomic E-state index is 0.0462. The zero-order valence-corrected chi connectivity index (χ0v) is 12.0. The Morgan fingerprint density at radius 2 is 1.76 bits per heavy atom. The molecule has 0 saturated carbocycles. The predicted molar refractivity (Wildman–Crippen MR) is 72.8 cm³/mol. The maximum absolute atomic E-state index is 12.1. The minimum Gasteiger partial charge on any atom is -0.480 e. The lowest BCUT2D eigenvalue weighted by molar-refractivity contribution is -0.138. The second-order valence-electron chi connectivity index (χ2n) is 4.69. The molecule has 1 aliphatic heterocycles. The molecule has 1 aliphatic rings. The first-order chi connectivity index (χ1) is 9.86. The zero-order chi connectivity index (χ0) is 16.0. The number of rotatable bonds is 4. The fourth-order valence-electron chi connectivity index (χ4n) is 1.82. The second-order valence-corrected chi connectivity index (χ2v) is 4.69. The first kappa shape index (κ1) is 16.5. The molecular weight excluding hydrogens is 276 g/mol. The fourth-order valence-corrected chi connectivity index (χ4v) is 1.82. The molecule has 0 aromatic carbocycles. The van der Waals surface area contributed by atoms with E-state index in [0.717, 1.165) is 6.20 Å². The van der Waals surface area contributed by atoms with E-state index in [9.17, 15) is 14.4 Å². The van der Waals surface area contributed by atoms with Crippen LogP contribution in [0.5, 0.6) is 0 Å². The molecule has 114 valence electrons. The Kier molecular flexibility index (Phi) is 5.72. The van der Waals surface area contributed by atoms with E-state index in [0.29, 0.717) is 26.2 Å². The Labute approximate surface area is 122 Å². The molecule has 8 heteroatoms. The molecule has 1 heterocycles. The highest BCUT2D eigenvalue weighted by Crippen LogP contribution is 2.07. The first-order valence-corrected chi connectivity index (χ1v) is 6.50. The van der Waals surface area contributed by atoms with Crippen molar-refractivity contribution < 1.29 is 19.5 Å². The van der Waals surface area contributed by atoms with Crippen LogP contribution in [0.15, 0.2) is 11.8 Å². The van der Waals surface area contributed by atoms with Gasteiger partial charge in [-0.05, 0) is 6.92 Å². The Bertz CT molecular complexity index is 501. The number of aliphatic carboxylic acids is 1. The molecule has 1 rings (SSSR count). The van der Waals surface area contributed by atoms with Crippen LogP contribution in [-0.2, 0) is 14.4 Å². The van der Waals surface area contributed by atoms with Crippen LogP contribution >= 0.6 is 0 Å². The largest absolute Gasteiger partial charge is 0.480 e. The van der Waals surface area contributed by atoms with E-state index >= 15 is 0 Å². The lowest BCUT2D eigenvalue weighted by Crippen LogP contribution is -2.50. The van der Waals surface area contributed by atoms with Crippen LogP contribution in [0.25, 0.3) is 0 Å². The summed E-state index contributed by atoms with van der Waals surface area (Å²) in [5, 5.41) is 20.2. The Balaban J connectivity index is 2.64. The molecule has 0 radical (unpaired) electrons. The van der Waals surface area contributed by atoms with Gasteiger partial charge in [-0.25, -0.2) is 0 Å². The second kappa shape index (κ2) is 7.28. The zero-order valence-electron chi connectivity index (χ0n) is 12.0. The van der Waals surface area contributed by atoms with E-state index in [4.69, 9.17) is 10.4 Å². The SMILES string of the molecule is CC(=O)N1CCN(C(=O)/C(C#N)=C\NC(C)C(=O)O)CC1. The van der Waals surface area contributed by atoms with Gasteiger partial charge in [0, 0.05) is 39.3 Å². The average Bonchev–Trinajstić information content (AvgIpc) is 2.47. The summed E-state index contributed by atoms with van der Waals surface area (Å²) in [5.41, 5.74) is -0.153. The molecule has 0 spiro atoms. The van der Waals surface area contributed by atoms with Gasteiger partial charge in [-0.1, -0.05) is 0 Å². The van der Waals surface area contributed by atoms with E-state index in [2.05, 4.69) is 5.32 Å². The van der Waals surface area contributed by atoms with Gasteiger partial charge in [0.05, 0.1) is 0 Å². The molecule has 0 aromatic rings. The van der Waals surface area contributed by atoms with Gasteiger partial charge in [0.1, 0.15) is 17.7 Å². The van der Waals surface area contributed by atoms with Crippen molar-refractivity contribution in [3.8, 4) is 6.07 Å². The molecule has 8 nitrogen and oxygen atoms in total. The van der Waals surface area contributed by atoms with E-state index in [-0.39, 0.29) is 11.5 Å². The number of nitrogens with zero attached hydrogens (tertiary/aromatic N) is 3. The maximum atomic E-state index is 12.1. The van der Waals surface area contributed by atoms with Gasteiger partial charge < -0.3 is 20.2 Å². The molecule has 0 aromatic heterocycles. The molecule has 1 unspecified atom stereocenters. The number of hydrogen-bond acceptors (Lipinski definition) is 5. The number of carbonyl (C=O) groups excluding carboxylic acids is 2. The topological polar surface area (TPSA) is 114 Å². The van der Waals surface area contributed by atoms with Crippen LogP contribution in [-0.4, -0.2) is 64.9 Å². The lowest BCUT2D eigenvalue weighted by Gasteiger charge is -2.34. The van der Waals surface area contributed by atoms with E-state index in [1.54, 1.807) is 11.0 Å². The summed E-state index contributed by atoms with van der Waals surface area (Å²) in [7, 11) is 0. The Morgan fingerprint density at radius 3 is 2.19 bits per heavy atom. The van der Waals surface area contributed by atoms with Gasteiger partial charge in [-0.15, -0.1) is 0 Å². The molecule has 1 fully saturated rings. The third-order valence-corrected chi connectivity index (χ3v) is 3.21. The quantitative estimate of drug-likeness (QED) is 0.515. The number of amides is 2. The normalized spacial score (nSPS) is 16.9. The third-order valence-electron chi connectivity index (χ3n) is 3.21. The first-order valence-electron chi connectivity index (χ1n) is 6.50. The third kappa shape index (κ3) is 4.49. The smallest absolute Gasteiger partial charge is 0.325 e. The van der Waals surface area contributed by atoms with Crippen LogP contribution in [0, 0.1) is 11.3 Å². The van der Waals surface area contributed by atoms with E-state index in [1.165, 1.54) is 18.7 Å². The van der Waals surface area contributed by atoms with Gasteiger partial charge in [0.2, 0.25) is 5.91 Å². The number of carboxylic acids is 1. The van der Waals surface area contributed by atoms with Crippen molar-refractivity contribution in [3.05, 3.63) is 11.8 Å². The number of nitriles is 1. The van der Waals surface area contributed by atoms with Gasteiger partial charge >= 0.3 is 5.97 Å². The van der Waals surface area contributed by atoms with Crippen molar-refractivity contribution in [1.82, 2.24) is 15.1 Å². The molecule has 2 amide bonds. The molecule has 0 aliphatic carbocycles. The monoisotopic (exact) mass is 294 g/mol. The summed E-state index contributed by atoms with van der Waals surface area (Å²) >= 11 is 0. The highest BCUT2D eigenvalue weighted by Gasteiger charge is 2.24. The van der Waals surface area contributed by atoms with Crippen LogP contribution in [0.2, 0.25) is 0 Å². The van der Waals surface area contributed by atoms with Gasteiger partial charge in [-0.3, -0.25) is 14.4 Å². The number of nitrogens with one attached hydrogen (secondary N) is 1. The van der Waals surface area contributed by atoms with Crippen molar-refractivity contribution in [3.63, 3.8) is 0 Å². The lowest BCUT2D eigenvalue weighted by atomic mass is 10.2. The number of piperazine rings is 1. The maximum Gasteiger partial charge on any atom is 0.325 e. The summed E-state index contributed by atoms with van der Waals surface area (Å²) in [4.78, 5) is 37.1. The fraction of sp³-hybridized carbons (Fsp3) is 0.538. The van der Waals surface area contributed by atoms with Crippen LogP contribution in [0.4, 0.5) is 0 Å². The van der Waals surface area contributed by atoms with Crippen LogP contribution in [0.1, 0.15) is 13.8 Å². The van der Waals surface area contributed by atoms with Gasteiger partial charge in [-0.2, -0.15) is 5.26 Å². The molecule has 0 bridgehead atoms. The standard InChI is InChI=1S/C13H18N4O4/c1-9(13(20)21)15-8-11(7-14)12(19)17-5-3-16(4-6-17)10(2)18/h8-9,15H,3-6H2,1-2H3,(H,20,21)/b11-8-. The average molecular weight is 294 g/mol. The van der Waals surface area contributed by atoms with Gasteiger partial charge in [0.25, 0.3) is 5.91 Å². The summed E-state index contributed by atoms with van der Waals surface area (Å²) in [6.07, 6.45) is 1.12. The Hall–Kier alpha value is -2.56. The minimum atomic E-state index is -1.08. The molecular formula is C13H18N4O4. The van der Waals surface area contributed by atoms with E-state index in [1.807, 2.05) is 0 Å². The van der Waals surface area contributed by atoms with Crippen molar-refractivity contribution in [2.75, 3.05) is 26.2 Å². The summed E-state index contributed by atoms with van der Waals surface area (Å²) in [6, 6.07) is 0.868. The van der Waals surface area contributed by atoms with Crippen molar-refractivity contribution in [1.29, 1.82) is 5.26 Å². The number of carbonyl (C=O) groups is 3. The predicted octanol–water partition coefficient (Wildman–Crippen LogP) is -0.853. The van der Waals surface area contributed by atoms with Crippen LogP contribution in [0.3, 0.4) is 0 Å².